The zero-order chi connectivity index (χ0) is 22.2. The highest BCUT2D eigenvalue weighted by molar-refractivity contribution is 7.93. The molecule has 4 rings (SSSR count). The van der Waals surface area contributed by atoms with E-state index in [2.05, 4.69) is 4.72 Å². The lowest BCUT2D eigenvalue weighted by molar-refractivity contribution is -0.125. The van der Waals surface area contributed by atoms with Crippen molar-refractivity contribution in [2.75, 3.05) is 4.72 Å². The first-order valence-electron chi connectivity index (χ1n) is 10.9. The van der Waals surface area contributed by atoms with Crippen molar-refractivity contribution in [3.05, 3.63) is 29.3 Å². The van der Waals surface area contributed by atoms with Crippen LogP contribution in [0.2, 0.25) is 0 Å². The van der Waals surface area contributed by atoms with Crippen LogP contribution in [0.5, 0.6) is 0 Å². The van der Waals surface area contributed by atoms with E-state index in [0.29, 0.717) is 25.7 Å². The van der Waals surface area contributed by atoms with Gasteiger partial charge in [-0.05, 0) is 43.9 Å². The minimum absolute atomic E-state index is 0.0218. The second-order valence-electron chi connectivity index (χ2n) is 8.56. The van der Waals surface area contributed by atoms with Crippen LogP contribution in [-0.4, -0.2) is 48.0 Å². The lowest BCUT2D eigenvalue weighted by Gasteiger charge is -2.26. The van der Waals surface area contributed by atoms with Gasteiger partial charge in [-0.2, -0.15) is 0 Å². The van der Waals surface area contributed by atoms with E-state index in [1.165, 1.54) is 18.2 Å². The van der Waals surface area contributed by atoms with Crippen LogP contribution in [0.3, 0.4) is 0 Å². The molecule has 0 bridgehead atoms. The summed E-state index contributed by atoms with van der Waals surface area (Å²) < 4.78 is 28.0. The minimum atomic E-state index is -3.59. The molecule has 2 fully saturated rings. The van der Waals surface area contributed by atoms with E-state index in [4.69, 9.17) is 0 Å². The number of rotatable bonds is 4. The van der Waals surface area contributed by atoms with Crippen LogP contribution < -0.4 is 4.72 Å². The Bertz CT molecular complexity index is 1040. The fourth-order valence-electron chi connectivity index (χ4n) is 4.71. The Morgan fingerprint density at radius 3 is 2.26 bits per heavy atom. The molecule has 0 spiro atoms. The van der Waals surface area contributed by atoms with E-state index in [1.54, 1.807) is 0 Å². The van der Waals surface area contributed by atoms with Crippen molar-refractivity contribution < 1.29 is 27.6 Å². The number of Topliss-reactive ketones (excluding diaryl/α,β-unsaturated/α-hetero) is 2. The molecule has 1 N–H and O–H groups in total. The molecule has 8 nitrogen and oxygen atoms in total. The van der Waals surface area contributed by atoms with Gasteiger partial charge in [0, 0.05) is 24.9 Å². The van der Waals surface area contributed by atoms with E-state index in [0.717, 1.165) is 24.2 Å². The van der Waals surface area contributed by atoms with Crippen molar-refractivity contribution in [2.45, 2.75) is 75.5 Å². The topological polar surface area (TPSA) is 118 Å². The molecule has 1 unspecified atom stereocenters. The van der Waals surface area contributed by atoms with Crippen LogP contribution in [0.1, 0.15) is 84.9 Å². The van der Waals surface area contributed by atoms with Crippen molar-refractivity contribution in [1.29, 1.82) is 0 Å². The summed E-state index contributed by atoms with van der Waals surface area (Å²) in [6, 6.07) is 3.30. The van der Waals surface area contributed by atoms with Gasteiger partial charge in [0.05, 0.1) is 22.4 Å². The quantitative estimate of drug-likeness (QED) is 0.711. The lowest BCUT2D eigenvalue weighted by Crippen LogP contribution is -2.45. The van der Waals surface area contributed by atoms with Gasteiger partial charge in [-0.1, -0.05) is 19.3 Å². The third kappa shape index (κ3) is 4.28. The number of nitrogens with zero attached hydrogens (tertiary/aromatic N) is 1. The molecule has 1 atom stereocenters. The second kappa shape index (κ2) is 8.53. The predicted octanol–water partition coefficient (Wildman–Crippen LogP) is 2.83. The molecule has 0 saturated heterocycles. The minimum Gasteiger partial charge on any atom is -0.300 e. The summed E-state index contributed by atoms with van der Waals surface area (Å²) in [4.78, 5) is 51.3. The molecule has 1 aliphatic heterocycles. The number of hydrogen-bond acceptors (Lipinski definition) is 6. The second-order valence-corrected chi connectivity index (χ2v) is 10.5. The lowest BCUT2D eigenvalue weighted by atomic mass is 9.94. The van der Waals surface area contributed by atoms with Gasteiger partial charge in [0.1, 0.15) is 5.78 Å². The smallest absolute Gasteiger partial charge is 0.262 e. The van der Waals surface area contributed by atoms with Crippen LogP contribution in [-0.2, 0) is 19.6 Å². The molecule has 1 aromatic carbocycles. The summed E-state index contributed by atoms with van der Waals surface area (Å²) in [5.41, 5.74) is 0.452. The third-order valence-corrected chi connectivity index (χ3v) is 8.30. The van der Waals surface area contributed by atoms with Crippen LogP contribution in [0.25, 0.3) is 0 Å². The Morgan fingerprint density at radius 2 is 1.52 bits per heavy atom. The monoisotopic (exact) mass is 446 g/mol. The Hall–Kier alpha value is -2.55. The fourth-order valence-corrected chi connectivity index (χ4v) is 6.29. The SMILES string of the molecule is O=C1CCCC(=O)C(N2C(=O)c3ccc(NS(=O)(=O)C4CCCCC4)cc3C2=O)CC1. The molecule has 2 amide bonds. The van der Waals surface area contributed by atoms with Crippen molar-refractivity contribution in [3.8, 4) is 0 Å². The van der Waals surface area contributed by atoms with E-state index >= 15 is 0 Å². The van der Waals surface area contributed by atoms with E-state index in [1.807, 2.05) is 0 Å². The number of hydrogen-bond donors (Lipinski definition) is 1. The van der Waals surface area contributed by atoms with Gasteiger partial charge < -0.3 is 0 Å². The zero-order valence-electron chi connectivity index (χ0n) is 17.3. The van der Waals surface area contributed by atoms with Gasteiger partial charge in [0.15, 0.2) is 5.78 Å². The summed E-state index contributed by atoms with van der Waals surface area (Å²) >= 11 is 0. The molecule has 0 radical (unpaired) electrons. The van der Waals surface area contributed by atoms with Crippen molar-refractivity contribution in [2.24, 2.45) is 0 Å². The van der Waals surface area contributed by atoms with Crippen LogP contribution in [0, 0.1) is 0 Å². The van der Waals surface area contributed by atoms with Gasteiger partial charge in [-0.25, -0.2) is 8.42 Å². The summed E-state index contributed by atoms with van der Waals surface area (Å²) in [7, 11) is -3.59. The van der Waals surface area contributed by atoms with Crippen molar-refractivity contribution in [1.82, 2.24) is 4.90 Å². The Morgan fingerprint density at radius 1 is 0.806 bits per heavy atom. The number of carbonyl (C=O) groups is 4. The molecule has 1 heterocycles. The molecule has 2 aliphatic carbocycles. The van der Waals surface area contributed by atoms with E-state index in [-0.39, 0.29) is 47.6 Å². The number of nitrogens with one attached hydrogen (secondary N) is 1. The number of benzene rings is 1. The molecular formula is C22H26N2O6S. The first-order valence-corrected chi connectivity index (χ1v) is 12.4. The number of sulfonamides is 1. The molecular weight excluding hydrogens is 420 g/mol. The number of ketones is 2. The maximum atomic E-state index is 13.0. The molecule has 9 heteroatoms. The molecule has 166 valence electrons. The maximum absolute atomic E-state index is 13.0. The summed E-state index contributed by atoms with van der Waals surface area (Å²) in [5, 5.41) is -0.464. The summed E-state index contributed by atoms with van der Waals surface area (Å²) in [5.74, 6) is -1.40. The van der Waals surface area contributed by atoms with Crippen LogP contribution >= 0.6 is 0 Å². The van der Waals surface area contributed by atoms with Gasteiger partial charge in [-0.3, -0.25) is 28.8 Å². The molecule has 31 heavy (non-hydrogen) atoms. The van der Waals surface area contributed by atoms with Crippen LogP contribution in [0.15, 0.2) is 18.2 Å². The number of imide groups is 1. The summed E-state index contributed by atoms with van der Waals surface area (Å²) in [6.07, 6.45) is 5.17. The highest BCUT2D eigenvalue weighted by Crippen LogP contribution is 2.31. The van der Waals surface area contributed by atoms with E-state index in [9.17, 15) is 27.6 Å². The molecule has 0 aromatic heterocycles. The first kappa shape index (κ1) is 21.7. The normalized spacial score (nSPS) is 23.5. The van der Waals surface area contributed by atoms with Crippen LogP contribution in [0.4, 0.5) is 5.69 Å². The maximum Gasteiger partial charge on any atom is 0.262 e. The fraction of sp³-hybridized carbons (Fsp3) is 0.545. The number of carbonyl (C=O) groups excluding carboxylic acids is 4. The first-order chi connectivity index (χ1) is 14.8. The van der Waals surface area contributed by atoms with Gasteiger partial charge in [0.25, 0.3) is 11.8 Å². The predicted molar refractivity (Wildman–Crippen MR) is 113 cm³/mol. The van der Waals surface area contributed by atoms with Crippen molar-refractivity contribution in [3.63, 3.8) is 0 Å². The Labute approximate surface area is 181 Å². The van der Waals surface area contributed by atoms with Gasteiger partial charge in [-0.15, -0.1) is 0 Å². The number of anilines is 1. The average Bonchev–Trinajstić information content (AvgIpc) is 2.98. The Balaban J connectivity index is 1.57. The molecule has 2 saturated carbocycles. The standard InChI is InChI=1S/C22H26N2O6S/c25-15-5-4-8-20(26)19(12-10-15)24-21(27)17-11-9-14(13-18(17)22(24)28)23-31(29,30)16-6-2-1-3-7-16/h9,11,13,16,19,23H,1-8,10,12H2. The zero-order valence-corrected chi connectivity index (χ0v) is 18.1. The largest absolute Gasteiger partial charge is 0.300 e. The number of amides is 2. The average molecular weight is 447 g/mol. The van der Waals surface area contributed by atoms with Gasteiger partial charge in [0.2, 0.25) is 10.0 Å². The van der Waals surface area contributed by atoms with Crippen molar-refractivity contribution >= 4 is 39.1 Å². The molecule has 1 aromatic rings. The Kier molecular flexibility index (Phi) is 5.96. The van der Waals surface area contributed by atoms with E-state index < -0.39 is 33.1 Å². The molecule has 3 aliphatic rings. The van der Waals surface area contributed by atoms with Gasteiger partial charge >= 0.3 is 0 Å². The third-order valence-electron chi connectivity index (χ3n) is 6.43. The summed E-state index contributed by atoms with van der Waals surface area (Å²) in [6.45, 7) is 0. The highest BCUT2D eigenvalue weighted by Gasteiger charge is 2.43. The number of fused-ring (bicyclic) bond motifs is 1. The highest BCUT2D eigenvalue weighted by atomic mass is 32.2.